The molecule has 0 radical (unpaired) electrons. The smallest absolute Gasteiger partial charge is 0.410 e. The third kappa shape index (κ3) is 6.10. The van der Waals surface area contributed by atoms with Crippen LogP contribution in [0, 0.1) is 10.1 Å². The highest BCUT2D eigenvalue weighted by atomic mass is 16.6. The summed E-state index contributed by atoms with van der Waals surface area (Å²) in [5.74, 6) is 0.493. The van der Waals surface area contributed by atoms with E-state index in [1.165, 1.54) is 10.5 Å². The minimum Gasteiger partial charge on any atom is -0.444 e. The van der Waals surface area contributed by atoms with Gasteiger partial charge in [-0.3, -0.25) is 15.0 Å². The minimum atomic E-state index is -1.56. The van der Waals surface area contributed by atoms with Crippen LogP contribution in [0.25, 0.3) is 0 Å². The number of likely N-dealkylation sites (tertiary alicyclic amines) is 1. The molecule has 33 heavy (non-hydrogen) atoms. The summed E-state index contributed by atoms with van der Waals surface area (Å²) in [7, 11) is 0. The molecule has 0 aromatic heterocycles. The lowest BCUT2D eigenvalue weighted by atomic mass is 9.79. The molecule has 1 saturated heterocycles. The van der Waals surface area contributed by atoms with Crippen LogP contribution in [0.4, 0.5) is 4.79 Å². The second kappa shape index (κ2) is 10.6. The van der Waals surface area contributed by atoms with Crippen LogP contribution < -0.4 is 0 Å². The van der Waals surface area contributed by atoms with Gasteiger partial charge in [-0.05, 0) is 64.4 Å². The van der Waals surface area contributed by atoms with Crippen LogP contribution in [0.15, 0.2) is 30.3 Å². The largest absolute Gasteiger partial charge is 0.444 e. The average molecular weight is 461 g/mol. The van der Waals surface area contributed by atoms with Gasteiger partial charge in [-0.1, -0.05) is 30.3 Å². The molecule has 1 aromatic rings. The molecule has 3 rings (SSSR count). The summed E-state index contributed by atoms with van der Waals surface area (Å²) < 4.78 is 11.7. The topological polar surface area (TPSA) is 99.0 Å². The normalized spacial score (nSPS) is 28.2. The first-order chi connectivity index (χ1) is 15.7. The van der Waals surface area contributed by atoms with Crippen molar-refractivity contribution in [1.82, 2.24) is 4.90 Å². The van der Waals surface area contributed by atoms with E-state index in [9.17, 15) is 19.7 Å². The molecule has 0 spiro atoms. The Kier molecular flexibility index (Phi) is 8.10. The number of piperidine rings is 1. The highest BCUT2D eigenvalue weighted by Gasteiger charge is 2.56. The van der Waals surface area contributed by atoms with Gasteiger partial charge in [-0.25, -0.2) is 4.79 Å². The van der Waals surface area contributed by atoms with Gasteiger partial charge in [-0.2, -0.15) is 0 Å². The van der Waals surface area contributed by atoms with E-state index in [2.05, 4.69) is 24.3 Å². The lowest BCUT2D eigenvalue weighted by molar-refractivity contribution is -0.582. The Hall–Kier alpha value is -2.48. The zero-order chi connectivity index (χ0) is 24.1. The summed E-state index contributed by atoms with van der Waals surface area (Å²) in [6.07, 6.45) is 4.07. The number of rotatable bonds is 7. The fourth-order valence-corrected chi connectivity index (χ4v) is 5.14. The Morgan fingerprint density at radius 3 is 2.45 bits per heavy atom. The molecule has 1 aliphatic carbocycles. The maximum Gasteiger partial charge on any atom is 0.410 e. The molecule has 1 aromatic carbocycles. The first-order valence-electron chi connectivity index (χ1n) is 11.9. The Morgan fingerprint density at radius 2 is 1.88 bits per heavy atom. The molecule has 0 N–H and O–H groups in total. The van der Waals surface area contributed by atoms with Crippen molar-refractivity contribution in [2.45, 2.75) is 94.9 Å². The summed E-state index contributed by atoms with van der Waals surface area (Å²) >= 11 is 0. The van der Waals surface area contributed by atoms with Crippen molar-refractivity contribution in [3.05, 3.63) is 46.0 Å². The predicted octanol–water partition coefficient (Wildman–Crippen LogP) is 4.73. The van der Waals surface area contributed by atoms with E-state index in [-0.39, 0.29) is 25.6 Å². The Labute approximate surface area is 195 Å². The number of carbonyl (C=O) groups excluding carboxylic acids is 2. The van der Waals surface area contributed by atoms with Crippen LogP contribution in [0.1, 0.15) is 77.2 Å². The summed E-state index contributed by atoms with van der Waals surface area (Å²) in [4.78, 5) is 37.6. The first kappa shape index (κ1) is 25.1. The van der Waals surface area contributed by atoms with E-state index in [1.54, 1.807) is 20.8 Å². The van der Waals surface area contributed by atoms with E-state index < -0.39 is 28.2 Å². The molecule has 1 saturated carbocycles. The fourth-order valence-electron chi connectivity index (χ4n) is 5.14. The van der Waals surface area contributed by atoms with E-state index in [0.717, 1.165) is 25.7 Å². The molecular weight excluding hydrogens is 424 g/mol. The highest BCUT2D eigenvalue weighted by Crippen LogP contribution is 2.37. The molecule has 1 heterocycles. The lowest BCUT2D eigenvalue weighted by Gasteiger charge is -2.44. The lowest BCUT2D eigenvalue weighted by Crippen LogP contribution is -2.64. The summed E-state index contributed by atoms with van der Waals surface area (Å²) in [5, 5.41) is 12.2. The molecular formula is C25H36N2O6. The van der Waals surface area contributed by atoms with Crippen molar-refractivity contribution >= 4 is 12.4 Å². The molecule has 1 amide bonds. The maximum atomic E-state index is 12.9. The summed E-state index contributed by atoms with van der Waals surface area (Å²) in [6.45, 7) is 5.65. The number of hydrogen-bond acceptors (Lipinski definition) is 6. The number of nitrogens with zero attached hydrogens (tertiary/aromatic N) is 2. The molecule has 1 aliphatic heterocycles. The third-order valence-electron chi connectivity index (χ3n) is 6.87. The number of carbonyl (C=O) groups is 2. The molecule has 0 unspecified atom stereocenters. The van der Waals surface area contributed by atoms with Crippen molar-refractivity contribution in [3.8, 4) is 0 Å². The van der Waals surface area contributed by atoms with Crippen LogP contribution in [-0.4, -0.2) is 58.6 Å². The number of ether oxygens (including phenoxy) is 2. The molecule has 182 valence electrons. The quantitative estimate of drug-likeness (QED) is 0.331. The number of hydrogen-bond donors (Lipinski definition) is 0. The second-order valence-electron chi connectivity index (χ2n) is 10.2. The van der Waals surface area contributed by atoms with Gasteiger partial charge >= 0.3 is 6.09 Å². The fraction of sp³-hybridized carbons (Fsp3) is 0.680. The number of amides is 1. The molecule has 8 nitrogen and oxygen atoms in total. The van der Waals surface area contributed by atoms with Crippen molar-refractivity contribution in [3.63, 3.8) is 0 Å². The Balaban J connectivity index is 1.71. The van der Waals surface area contributed by atoms with Crippen LogP contribution >= 0.6 is 0 Å². The van der Waals surface area contributed by atoms with Gasteiger partial charge in [0.1, 0.15) is 17.9 Å². The Morgan fingerprint density at radius 1 is 1.21 bits per heavy atom. The number of benzene rings is 1. The maximum absolute atomic E-state index is 12.9. The van der Waals surface area contributed by atoms with E-state index in [0.29, 0.717) is 25.2 Å². The van der Waals surface area contributed by atoms with Gasteiger partial charge in [0.15, 0.2) is 0 Å². The monoisotopic (exact) mass is 460 g/mol. The highest BCUT2D eigenvalue weighted by molar-refractivity contribution is 5.69. The van der Waals surface area contributed by atoms with Crippen molar-refractivity contribution in [2.24, 2.45) is 0 Å². The second-order valence-corrected chi connectivity index (χ2v) is 10.2. The van der Waals surface area contributed by atoms with E-state index >= 15 is 0 Å². The van der Waals surface area contributed by atoms with Crippen LogP contribution in [0.5, 0.6) is 0 Å². The molecule has 2 fully saturated rings. The van der Waals surface area contributed by atoms with Crippen molar-refractivity contribution in [2.75, 3.05) is 13.2 Å². The summed E-state index contributed by atoms with van der Waals surface area (Å²) in [6, 6.07) is 9.56. The van der Waals surface area contributed by atoms with Crippen LogP contribution in [0.2, 0.25) is 0 Å². The third-order valence-corrected chi connectivity index (χ3v) is 6.87. The Bertz CT molecular complexity index is 816. The van der Waals surface area contributed by atoms with E-state index in [1.807, 2.05) is 6.07 Å². The molecule has 0 bridgehead atoms. The van der Waals surface area contributed by atoms with Gasteiger partial charge in [0.05, 0.1) is 19.1 Å². The minimum absolute atomic E-state index is 0.0203. The van der Waals surface area contributed by atoms with Crippen LogP contribution in [-0.2, 0) is 14.3 Å². The zero-order valence-electron chi connectivity index (χ0n) is 19.9. The van der Waals surface area contributed by atoms with Gasteiger partial charge in [0.2, 0.25) is 0 Å². The number of nitro groups is 1. The zero-order valence-corrected chi connectivity index (χ0v) is 19.9. The first-order valence-corrected chi connectivity index (χ1v) is 11.9. The van der Waals surface area contributed by atoms with Crippen LogP contribution in [0.3, 0.4) is 0 Å². The average Bonchev–Trinajstić information content (AvgIpc) is 2.78. The van der Waals surface area contributed by atoms with Gasteiger partial charge in [0, 0.05) is 17.9 Å². The molecule has 2 aliphatic rings. The standard InChI is InChI=1S/C25H36N2O6/c1-24(2,3)33-23(29)26-16-7-14-25(15-17-28,27(30)31)22(26)18-32-21-12-10-20(11-13-21)19-8-5-4-6-9-19/h4-6,8-9,17,20-22H,7,10-16,18H2,1-3H3/t20?,21?,22-,25+/m0/s1. The molecule has 8 heteroatoms. The molecule has 2 atom stereocenters. The van der Waals surface area contributed by atoms with Crippen molar-refractivity contribution < 1.29 is 24.0 Å². The SMILES string of the molecule is CC(C)(C)OC(=O)N1CCC[C@](CC=O)([N+](=O)[O-])[C@@H]1COC1CCC(c2ccccc2)CC1. The van der Waals surface area contributed by atoms with E-state index in [4.69, 9.17) is 9.47 Å². The van der Waals surface area contributed by atoms with Gasteiger partial charge < -0.3 is 14.3 Å². The predicted molar refractivity (Wildman–Crippen MR) is 124 cm³/mol. The van der Waals surface area contributed by atoms with Gasteiger partial charge in [-0.15, -0.1) is 0 Å². The van der Waals surface area contributed by atoms with Gasteiger partial charge in [0.25, 0.3) is 5.54 Å². The summed E-state index contributed by atoms with van der Waals surface area (Å²) in [5.41, 5.74) is -0.951. The number of aldehydes is 1. The van der Waals surface area contributed by atoms with Crippen molar-refractivity contribution in [1.29, 1.82) is 0 Å².